The van der Waals surface area contributed by atoms with Gasteiger partial charge < -0.3 is 5.32 Å². The average Bonchev–Trinajstić information content (AvgIpc) is 3.12. The van der Waals surface area contributed by atoms with Crippen LogP contribution < -0.4 is 5.32 Å². The van der Waals surface area contributed by atoms with Crippen molar-refractivity contribution in [2.24, 2.45) is 0 Å². The lowest BCUT2D eigenvalue weighted by Gasteiger charge is -2.11. The van der Waals surface area contributed by atoms with Crippen molar-refractivity contribution in [1.29, 1.82) is 0 Å². The fourth-order valence-electron chi connectivity index (χ4n) is 3.09. The van der Waals surface area contributed by atoms with Gasteiger partial charge in [-0.1, -0.05) is 54.1 Å². The first-order valence-electron chi connectivity index (χ1n) is 8.85. The molecule has 0 aliphatic heterocycles. The van der Waals surface area contributed by atoms with Crippen molar-refractivity contribution in [3.05, 3.63) is 76.6 Å². The number of carbonyl (C=O) groups excluding carboxylic acids is 1. The number of aromatic nitrogens is 4. The van der Waals surface area contributed by atoms with E-state index in [9.17, 15) is 4.79 Å². The Morgan fingerprint density at radius 3 is 2.50 bits per heavy atom. The number of hydrogen-bond donors (Lipinski definition) is 1. The number of fused-ring (bicyclic) bond motifs is 1. The lowest BCUT2D eigenvalue weighted by molar-refractivity contribution is -0.115. The quantitative estimate of drug-likeness (QED) is 0.564. The van der Waals surface area contributed by atoms with Gasteiger partial charge in [-0.05, 0) is 26.0 Å². The number of halogens is 1. The minimum atomic E-state index is -0.163. The van der Waals surface area contributed by atoms with E-state index in [4.69, 9.17) is 11.6 Å². The Bertz CT molecular complexity index is 1170. The summed E-state index contributed by atoms with van der Waals surface area (Å²) < 4.78 is 1.69. The third-order valence-corrected chi connectivity index (χ3v) is 4.90. The zero-order valence-corrected chi connectivity index (χ0v) is 16.2. The molecule has 0 unspecified atom stereocenters. The minimum Gasteiger partial charge on any atom is -0.324 e. The topological polar surface area (TPSA) is 72.2 Å². The number of anilines is 1. The molecule has 0 aliphatic carbocycles. The summed E-state index contributed by atoms with van der Waals surface area (Å²) in [4.78, 5) is 21.6. The third kappa shape index (κ3) is 3.46. The maximum Gasteiger partial charge on any atom is 0.253 e. The lowest BCUT2D eigenvalue weighted by atomic mass is 10.1. The molecular formula is C21H18ClN5O. The van der Waals surface area contributed by atoms with Crippen molar-refractivity contribution in [2.45, 2.75) is 20.3 Å². The molecule has 4 aromatic rings. The molecule has 0 saturated heterocycles. The second kappa shape index (κ2) is 7.40. The maximum absolute atomic E-state index is 12.6. The van der Waals surface area contributed by atoms with Gasteiger partial charge >= 0.3 is 0 Å². The van der Waals surface area contributed by atoms with E-state index in [1.807, 2.05) is 56.3 Å². The van der Waals surface area contributed by atoms with Crippen LogP contribution in [0.1, 0.15) is 17.0 Å². The lowest BCUT2D eigenvalue weighted by Crippen LogP contribution is -2.18. The Balaban J connectivity index is 1.66. The summed E-state index contributed by atoms with van der Waals surface area (Å²) in [6, 6.07) is 16.9. The monoisotopic (exact) mass is 391 g/mol. The Labute approximate surface area is 167 Å². The van der Waals surface area contributed by atoms with Crippen molar-refractivity contribution in [2.75, 3.05) is 5.32 Å². The Hall–Kier alpha value is -3.25. The van der Waals surface area contributed by atoms with Crippen molar-refractivity contribution in [1.82, 2.24) is 19.6 Å². The highest BCUT2D eigenvalue weighted by Crippen LogP contribution is 2.22. The highest BCUT2D eigenvalue weighted by Gasteiger charge is 2.17. The van der Waals surface area contributed by atoms with Gasteiger partial charge in [0.05, 0.1) is 17.1 Å². The van der Waals surface area contributed by atoms with Gasteiger partial charge in [-0.15, -0.1) is 5.10 Å². The number of amides is 1. The molecule has 0 aliphatic rings. The average molecular weight is 392 g/mol. The fraction of sp³-hybridized carbons (Fsp3) is 0.143. The normalized spacial score (nSPS) is 11.0. The summed E-state index contributed by atoms with van der Waals surface area (Å²) in [5.74, 6) is 0.959. The Morgan fingerprint density at radius 1 is 1.04 bits per heavy atom. The van der Waals surface area contributed by atoms with Gasteiger partial charge in [0.15, 0.2) is 5.82 Å². The van der Waals surface area contributed by atoms with E-state index in [0.29, 0.717) is 22.3 Å². The van der Waals surface area contributed by atoms with E-state index in [0.717, 1.165) is 22.5 Å². The summed E-state index contributed by atoms with van der Waals surface area (Å²) in [5.41, 5.74) is 3.92. The summed E-state index contributed by atoms with van der Waals surface area (Å²) >= 11 is 6.12. The largest absolute Gasteiger partial charge is 0.324 e. The molecule has 4 rings (SSSR count). The molecule has 0 saturated carbocycles. The summed E-state index contributed by atoms with van der Waals surface area (Å²) in [6.45, 7) is 3.80. The van der Waals surface area contributed by atoms with Gasteiger partial charge in [-0.3, -0.25) is 4.79 Å². The maximum atomic E-state index is 12.6. The molecule has 28 heavy (non-hydrogen) atoms. The van der Waals surface area contributed by atoms with E-state index >= 15 is 0 Å². The van der Waals surface area contributed by atoms with Gasteiger partial charge in [0.2, 0.25) is 5.91 Å². The predicted molar refractivity (Wildman–Crippen MR) is 109 cm³/mol. The van der Waals surface area contributed by atoms with Crippen molar-refractivity contribution in [3.63, 3.8) is 0 Å². The predicted octanol–water partition coefficient (Wildman–Crippen LogP) is 4.24. The Morgan fingerprint density at radius 2 is 1.75 bits per heavy atom. The molecule has 1 amide bonds. The number of aryl methyl sites for hydroxylation is 2. The molecule has 0 fully saturated rings. The molecule has 6 nitrogen and oxygen atoms in total. The molecule has 0 spiro atoms. The molecular weight excluding hydrogens is 374 g/mol. The van der Waals surface area contributed by atoms with Crippen LogP contribution in [0.3, 0.4) is 0 Å². The van der Waals surface area contributed by atoms with Crippen LogP contribution in [0.5, 0.6) is 0 Å². The smallest absolute Gasteiger partial charge is 0.253 e. The Kier molecular flexibility index (Phi) is 4.79. The van der Waals surface area contributed by atoms with Crippen LogP contribution in [-0.4, -0.2) is 25.5 Å². The number of carbonyl (C=O) groups is 1. The molecule has 0 atom stereocenters. The molecule has 7 heteroatoms. The molecule has 2 aromatic heterocycles. The molecule has 1 N–H and O–H groups in total. The third-order valence-electron chi connectivity index (χ3n) is 4.57. The van der Waals surface area contributed by atoms with Crippen LogP contribution in [0.2, 0.25) is 5.02 Å². The highest BCUT2D eigenvalue weighted by atomic mass is 35.5. The zero-order valence-electron chi connectivity index (χ0n) is 15.5. The fourth-order valence-corrected chi connectivity index (χ4v) is 3.27. The minimum absolute atomic E-state index is 0.163. The van der Waals surface area contributed by atoms with Crippen molar-refractivity contribution in [3.8, 4) is 11.4 Å². The van der Waals surface area contributed by atoms with Gasteiger partial charge in [0.25, 0.3) is 5.78 Å². The molecule has 2 heterocycles. The highest BCUT2D eigenvalue weighted by molar-refractivity contribution is 6.33. The number of nitrogens with one attached hydrogen (secondary N) is 1. The van der Waals surface area contributed by atoms with Gasteiger partial charge in [0.1, 0.15) is 0 Å². The van der Waals surface area contributed by atoms with Crippen LogP contribution in [0.15, 0.2) is 54.6 Å². The SMILES string of the molecule is Cc1nc2nc(-c3ccccc3)nn2c(C)c1CC(=O)Nc1ccccc1Cl. The number of hydrogen-bond acceptors (Lipinski definition) is 4. The molecule has 0 bridgehead atoms. The van der Waals surface area contributed by atoms with E-state index < -0.39 is 0 Å². The number of benzene rings is 2. The first-order valence-corrected chi connectivity index (χ1v) is 9.23. The number of rotatable bonds is 4. The first kappa shape index (κ1) is 18.1. The van der Waals surface area contributed by atoms with Crippen LogP contribution in [0.25, 0.3) is 17.2 Å². The van der Waals surface area contributed by atoms with Crippen LogP contribution in [0.4, 0.5) is 5.69 Å². The second-order valence-corrected chi connectivity index (χ2v) is 6.89. The van der Waals surface area contributed by atoms with Gasteiger partial charge in [-0.2, -0.15) is 4.98 Å². The summed E-state index contributed by atoms with van der Waals surface area (Å²) in [6.07, 6.45) is 0.173. The second-order valence-electron chi connectivity index (χ2n) is 6.48. The van der Waals surface area contributed by atoms with Crippen molar-refractivity contribution < 1.29 is 4.79 Å². The molecule has 2 aromatic carbocycles. The molecule has 0 radical (unpaired) electrons. The summed E-state index contributed by atoms with van der Waals surface area (Å²) in [7, 11) is 0. The number of nitrogens with zero attached hydrogens (tertiary/aromatic N) is 4. The molecule has 140 valence electrons. The van der Waals surface area contributed by atoms with E-state index in [1.54, 1.807) is 16.6 Å². The van der Waals surface area contributed by atoms with E-state index in [-0.39, 0.29) is 12.3 Å². The van der Waals surface area contributed by atoms with E-state index in [2.05, 4.69) is 20.4 Å². The number of para-hydroxylation sites is 1. The zero-order chi connectivity index (χ0) is 19.7. The van der Waals surface area contributed by atoms with Crippen LogP contribution in [-0.2, 0) is 11.2 Å². The van der Waals surface area contributed by atoms with E-state index in [1.165, 1.54) is 0 Å². The first-order chi connectivity index (χ1) is 13.5. The van der Waals surface area contributed by atoms with Crippen molar-refractivity contribution >= 4 is 29.0 Å². The van der Waals surface area contributed by atoms with Crippen LogP contribution in [0, 0.1) is 13.8 Å². The summed E-state index contributed by atoms with van der Waals surface area (Å²) in [5, 5.41) is 7.93. The van der Waals surface area contributed by atoms with Gasteiger partial charge in [-0.25, -0.2) is 9.50 Å². The van der Waals surface area contributed by atoms with Crippen LogP contribution >= 0.6 is 11.6 Å². The van der Waals surface area contributed by atoms with Gasteiger partial charge in [0, 0.05) is 22.5 Å². The standard InChI is InChI=1S/C21H18ClN5O/c1-13-16(12-19(28)24-18-11-7-6-10-17(18)22)14(2)27-21(23-13)25-20(26-27)15-8-4-3-5-9-15/h3-11H,12H2,1-2H3,(H,24,28).